The van der Waals surface area contributed by atoms with E-state index < -0.39 is 0 Å². The van der Waals surface area contributed by atoms with Crippen molar-refractivity contribution in [2.45, 2.75) is 19.9 Å². The lowest BCUT2D eigenvalue weighted by Gasteiger charge is -2.17. The molecule has 0 aliphatic rings. The van der Waals surface area contributed by atoms with E-state index in [2.05, 4.69) is 18.3 Å². The molecule has 1 N–H and O–H groups in total. The Labute approximate surface area is 110 Å². The van der Waals surface area contributed by atoms with Crippen molar-refractivity contribution in [3.8, 4) is 5.75 Å². The van der Waals surface area contributed by atoms with Crippen molar-refractivity contribution in [1.82, 2.24) is 0 Å². The monoisotopic (exact) mass is 265 g/mol. The number of halogens is 1. The van der Waals surface area contributed by atoms with E-state index in [-0.39, 0.29) is 11.9 Å². The van der Waals surface area contributed by atoms with E-state index in [1.165, 1.54) is 17.0 Å². The fraction of sp³-hybridized carbons (Fsp3) is 0.286. The van der Waals surface area contributed by atoms with E-state index in [9.17, 15) is 4.39 Å². The average molecular weight is 265 g/mol. The lowest BCUT2D eigenvalue weighted by atomic mass is 10.2. The Morgan fingerprint density at radius 1 is 1.39 bits per heavy atom. The first-order valence-electron chi connectivity index (χ1n) is 5.93. The van der Waals surface area contributed by atoms with E-state index in [1.807, 2.05) is 18.4 Å². The maximum Gasteiger partial charge on any atom is 0.145 e. The molecule has 2 aromatic rings. The predicted molar refractivity (Wildman–Crippen MR) is 73.9 cm³/mol. The Hall–Kier alpha value is -1.55. The van der Waals surface area contributed by atoms with E-state index in [0.29, 0.717) is 12.4 Å². The molecular formula is C14H16FNOS. The maximum absolute atomic E-state index is 13.2. The molecule has 1 aromatic carbocycles. The molecule has 0 bridgehead atoms. The molecule has 4 heteroatoms. The standard InChI is InChI=1S/C14H16FNOS/c1-3-17-13-9-11(15)6-7-12(13)16-10(2)14-5-4-8-18-14/h4-10,16H,3H2,1-2H3. The number of hydrogen-bond donors (Lipinski definition) is 1. The molecule has 0 saturated carbocycles. The highest BCUT2D eigenvalue weighted by Crippen LogP contribution is 2.30. The van der Waals surface area contributed by atoms with Crippen LogP contribution in [-0.2, 0) is 0 Å². The van der Waals surface area contributed by atoms with Crippen LogP contribution in [0.1, 0.15) is 24.8 Å². The first kappa shape index (κ1) is 12.9. The Kier molecular flexibility index (Phi) is 4.20. The highest BCUT2D eigenvalue weighted by atomic mass is 32.1. The molecule has 0 fully saturated rings. The summed E-state index contributed by atoms with van der Waals surface area (Å²) >= 11 is 1.70. The summed E-state index contributed by atoms with van der Waals surface area (Å²) in [4.78, 5) is 1.24. The van der Waals surface area contributed by atoms with Crippen LogP contribution in [0.2, 0.25) is 0 Å². The summed E-state index contributed by atoms with van der Waals surface area (Å²) in [5, 5.41) is 5.39. The van der Waals surface area contributed by atoms with Crippen LogP contribution in [0.25, 0.3) is 0 Å². The van der Waals surface area contributed by atoms with Gasteiger partial charge in [-0.3, -0.25) is 0 Å². The zero-order valence-corrected chi connectivity index (χ0v) is 11.3. The van der Waals surface area contributed by atoms with Gasteiger partial charge in [0.15, 0.2) is 0 Å². The van der Waals surface area contributed by atoms with Crippen molar-refractivity contribution < 1.29 is 9.13 Å². The van der Waals surface area contributed by atoms with E-state index in [4.69, 9.17) is 4.74 Å². The fourth-order valence-corrected chi connectivity index (χ4v) is 2.47. The van der Waals surface area contributed by atoms with E-state index in [0.717, 1.165) is 5.69 Å². The predicted octanol–water partition coefficient (Wildman–Crippen LogP) is 4.46. The summed E-state index contributed by atoms with van der Waals surface area (Å²) in [5.74, 6) is 0.272. The van der Waals surface area contributed by atoms with Gasteiger partial charge in [-0.15, -0.1) is 11.3 Å². The minimum atomic E-state index is -0.284. The van der Waals surface area contributed by atoms with Gasteiger partial charge in [0.25, 0.3) is 0 Å². The molecular weight excluding hydrogens is 249 g/mol. The van der Waals surface area contributed by atoms with Gasteiger partial charge in [-0.05, 0) is 37.4 Å². The SMILES string of the molecule is CCOc1cc(F)ccc1NC(C)c1cccs1. The quantitative estimate of drug-likeness (QED) is 0.861. The third-order valence-corrected chi connectivity index (χ3v) is 3.64. The molecule has 18 heavy (non-hydrogen) atoms. The van der Waals surface area contributed by atoms with Crippen LogP contribution in [0.5, 0.6) is 5.75 Å². The van der Waals surface area contributed by atoms with Gasteiger partial charge in [-0.1, -0.05) is 6.07 Å². The first-order chi connectivity index (χ1) is 8.70. The van der Waals surface area contributed by atoms with Crippen molar-refractivity contribution in [2.24, 2.45) is 0 Å². The molecule has 0 aliphatic heterocycles. The van der Waals surface area contributed by atoms with Crippen molar-refractivity contribution in [1.29, 1.82) is 0 Å². The number of anilines is 1. The maximum atomic E-state index is 13.2. The molecule has 2 rings (SSSR count). The zero-order valence-electron chi connectivity index (χ0n) is 10.4. The van der Waals surface area contributed by atoms with Crippen molar-refractivity contribution >= 4 is 17.0 Å². The average Bonchev–Trinajstić information content (AvgIpc) is 2.86. The lowest BCUT2D eigenvalue weighted by Crippen LogP contribution is -2.07. The Balaban J connectivity index is 2.17. The second-order valence-electron chi connectivity index (χ2n) is 3.95. The third kappa shape index (κ3) is 3.01. The Morgan fingerprint density at radius 2 is 2.22 bits per heavy atom. The molecule has 1 atom stereocenters. The Morgan fingerprint density at radius 3 is 2.89 bits per heavy atom. The third-order valence-electron chi connectivity index (χ3n) is 2.59. The van der Waals surface area contributed by atoms with Gasteiger partial charge in [-0.2, -0.15) is 0 Å². The lowest BCUT2D eigenvalue weighted by molar-refractivity contribution is 0.339. The van der Waals surface area contributed by atoms with Crippen LogP contribution >= 0.6 is 11.3 Å². The number of nitrogens with one attached hydrogen (secondary N) is 1. The number of rotatable bonds is 5. The molecule has 0 spiro atoms. The van der Waals surface area contributed by atoms with Crippen LogP contribution in [0, 0.1) is 5.82 Å². The number of ether oxygens (including phenoxy) is 1. The molecule has 96 valence electrons. The van der Waals surface area contributed by atoms with E-state index in [1.54, 1.807) is 17.4 Å². The van der Waals surface area contributed by atoms with Gasteiger partial charge in [0.2, 0.25) is 0 Å². The second-order valence-corrected chi connectivity index (χ2v) is 4.93. The van der Waals surface area contributed by atoms with Crippen LogP contribution in [0.15, 0.2) is 35.7 Å². The number of hydrogen-bond acceptors (Lipinski definition) is 3. The summed E-state index contributed by atoms with van der Waals surface area (Å²) < 4.78 is 18.6. The molecule has 0 aliphatic carbocycles. The van der Waals surface area contributed by atoms with Gasteiger partial charge in [0, 0.05) is 10.9 Å². The molecule has 1 unspecified atom stereocenters. The summed E-state index contributed by atoms with van der Waals surface area (Å²) in [6, 6.07) is 8.83. The highest BCUT2D eigenvalue weighted by Gasteiger charge is 2.10. The number of benzene rings is 1. The van der Waals surface area contributed by atoms with Gasteiger partial charge >= 0.3 is 0 Å². The van der Waals surface area contributed by atoms with Crippen LogP contribution in [0.3, 0.4) is 0 Å². The molecule has 0 amide bonds. The fourth-order valence-electron chi connectivity index (χ4n) is 1.73. The zero-order chi connectivity index (χ0) is 13.0. The summed E-state index contributed by atoms with van der Waals surface area (Å²) in [6.07, 6.45) is 0. The van der Waals surface area contributed by atoms with Crippen molar-refractivity contribution in [2.75, 3.05) is 11.9 Å². The smallest absolute Gasteiger partial charge is 0.145 e. The number of thiophene rings is 1. The second kappa shape index (κ2) is 5.87. The van der Waals surface area contributed by atoms with Crippen LogP contribution < -0.4 is 10.1 Å². The summed E-state index contributed by atoms with van der Waals surface area (Å²) in [7, 11) is 0. The van der Waals surface area contributed by atoms with Crippen LogP contribution in [-0.4, -0.2) is 6.61 Å². The molecule has 0 radical (unpaired) electrons. The van der Waals surface area contributed by atoms with Crippen LogP contribution in [0.4, 0.5) is 10.1 Å². The molecule has 0 saturated heterocycles. The summed E-state index contributed by atoms with van der Waals surface area (Å²) in [5.41, 5.74) is 0.819. The van der Waals surface area contributed by atoms with Gasteiger partial charge in [0.05, 0.1) is 18.3 Å². The van der Waals surface area contributed by atoms with Crippen molar-refractivity contribution in [3.63, 3.8) is 0 Å². The van der Waals surface area contributed by atoms with Gasteiger partial charge in [-0.25, -0.2) is 4.39 Å². The first-order valence-corrected chi connectivity index (χ1v) is 6.81. The van der Waals surface area contributed by atoms with Gasteiger partial charge in [0.1, 0.15) is 11.6 Å². The molecule has 1 heterocycles. The van der Waals surface area contributed by atoms with Crippen molar-refractivity contribution in [3.05, 3.63) is 46.4 Å². The summed E-state index contributed by atoms with van der Waals surface area (Å²) in [6.45, 7) is 4.48. The highest BCUT2D eigenvalue weighted by molar-refractivity contribution is 7.10. The topological polar surface area (TPSA) is 21.3 Å². The minimum Gasteiger partial charge on any atom is -0.492 e. The minimum absolute atomic E-state index is 0.176. The Bertz CT molecular complexity index is 499. The normalized spacial score (nSPS) is 12.2. The largest absolute Gasteiger partial charge is 0.492 e. The molecule has 2 nitrogen and oxygen atoms in total. The molecule has 1 aromatic heterocycles. The van der Waals surface area contributed by atoms with E-state index >= 15 is 0 Å². The van der Waals surface area contributed by atoms with Gasteiger partial charge < -0.3 is 10.1 Å².